The molecule has 3 aromatic rings. The van der Waals surface area contributed by atoms with Crippen LogP contribution in [-0.4, -0.2) is 21.9 Å². The standard InChI is InChI=1S/C20H18Cl2N4O2S/c1-3-8-26-19(27)18(23-16-10-14(21)9-15(22)11-16)24-25-20(26)29-12-13-4-6-17(28-2)7-5-13/h3-7,9-11H,1,8,12H2,2H3,(H,23,24). The van der Waals surface area contributed by atoms with Gasteiger partial charge in [-0.1, -0.05) is 53.2 Å². The summed E-state index contributed by atoms with van der Waals surface area (Å²) in [5, 5.41) is 12.6. The first-order valence-electron chi connectivity index (χ1n) is 8.57. The Kier molecular flexibility index (Phi) is 7.19. The van der Waals surface area contributed by atoms with Gasteiger partial charge in [0.05, 0.1) is 7.11 Å². The molecule has 2 aromatic carbocycles. The van der Waals surface area contributed by atoms with E-state index in [-0.39, 0.29) is 11.4 Å². The lowest BCUT2D eigenvalue weighted by atomic mass is 10.2. The molecule has 0 spiro atoms. The van der Waals surface area contributed by atoms with E-state index in [1.165, 1.54) is 16.3 Å². The van der Waals surface area contributed by atoms with Crippen LogP contribution in [0.15, 0.2) is 65.1 Å². The van der Waals surface area contributed by atoms with Crippen LogP contribution in [0.5, 0.6) is 5.75 Å². The second-order valence-electron chi connectivity index (χ2n) is 5.96. The summed E-state index contributed by atoms with van der Waals surface area (Å²) in [7, 11) is 1.63. The summed E-state index contributed by atoms with van der Waals surface area (Å²) in [6, 6.07) is 12.6. The van der Waals surface area contributed by atoms with Crippen molar-refractivity contribution >= 4 is 46.5 Å². The minimum absolute atomic E-state index is 0.0824. The van der Waals surface area contributed by atoms with Gasteiger partial charge in [-0.25, -0.2) is 0 Å². The summed E-state index contributed by atoms with van der Waals surface area (Å²) in [6.07, 6.45) is 1.64. The maximum atomic E-state index is 12.9. The highest BCUT2D eigenvalue weighted by Crippen LogP contribution is 2.25. The minimum atomic E-state index is -0.312. The van der Waals surface area contributed by atoms with Crippen LogP contribution in [0.3, 0.4) is 0 Å². The van der Waals surface area contributed by atoms with Crippen molar-refractivity contribution in [1.82, 2.24) is 14.8 Å². The number of methoxy groups -OCH3 is 1. The fourth-order valence-corrected chi connectivity index (χ4v) is 3.94. The summed E-state index contributed by atoms with van der Waals surface area (Å²) in [5.41, 5.74) is 1.32. The summed E-state index contributed by atoms with van der Waals surface area (Å²) < 4.78 is 6.68. The van der Waals surface area contributed by atoms with E-state index < -0.39 is 0 Å². The highest BCUT2D eigenvalue weighted by atomic mass is 35.5. The van der Waals surface area contributed by atoms with Crippen molar-refractivity contribution in [3.05, 3.63) is 81.1 Å². The monoisotopic (exact) mass is 448 g/mol. The van der Waals surface area contributed by atoms with Gasteiger partial charge in [-0.2, -0.15) is 0 Å². The lowest BCUT2D eigenvalue weighted by Gasteiger charge is -2.12. The molecule has 0 aliphatic carbocycles. The molecule has 0 saturated heterocycles. The number of allylic oxidation sites excluding steroid dienone is 1. The number of rotatable bonds is 8. The highest BCUT2D eigenvalue weighted by molar-refractivity contribution is 7.98. The Hall–Kier alpha value is -2.48. The van der Waals surface area contributed by atoms with Crippen molar-refractivity contribution in [3.8, 4) is 5.75 Å². The van der Waals surface area contributed by atoms with Gasteiger partial charge in [0, 0.05) is 28.0 Å². The van der Waals surface area contributed by atoms with E-state index in [1.807, 2.05) is 24.3 Å². The molecule has 1 N–H and O–H groups in total. The van der Waals surface area contributed by atoms with Crippen LogP contribution < -0.4 is 15.6 Å². The lowest BCUT2D eigenvalue weighted by Crippen LogP contribution is -2.26. The molecule has 0 saturated carbocycles. The molecule has 150 valence electrons. The summed E-state index contributed by atoms with van der Waals surface area (Å²) in [4.78, 5) is 12.9. The van der Waals surface area contributed by atoms with E-state index in [0.717, 1.165) is 11.3 Å². The maximum absolute atomic E-state index is 12.9. The second kappa shape index (κ2) is 9.82. The zero-order chi connectivity index (χ0) is 20.8. The topological polar surface area (TPSA) is 69.0 Å². The van der Waals surface area contributed by atoms with Crippen molar-refractivity contribution in [2.75, 3.05) is 12.4 Å². The van der Waals surface area contributed by atoms with Gasteiger partial charge in [-0.05, 0) is 35.9 Å². The third-order valence-electron chi connectivity index (χ3n) is 3.88. The van der Waals surface area contributed by atoms with Crippen molar-refractivity contribution in [1.29, 1.82) is 0 Å². The summed E-state index contributed by atoms with van der Waals surface area (Å²) >= 11 is 13.4. The van der Waals surface area contributed by atoms with Gasteiger partial charge in [-0.15, -0.1) is 16.8 Å². The molecular formula is C20H18Cl2N4O2S. The molecular weight excluding hydrogens is 431 g/mol. The number of anilines is 2. The number of aromatic nitrogens is 3. The second-order valence-corrected chi connectivity index (χ2v) is 7.77. The smallest absolute Gasteiger partial charge is 0.297 e. The normalized spacial score (nSPS) is 10.6. The van der Waals surface area contributed by atoms with E-state index in [9.17, 15) is 4.79 Å². The first kappa shape index (κ1) is 21.2. The van der Waals surface area contributed by atoms with Crippen LogP contribution in [0, 0.1) is 0 Å². The van der Waals surface area contributed by atoms with Crippen molar-refractivity contribution in [3.63, 3.8) is 0 Å². The zero-order valence-electron chi connectivity index (χ0n) is 15.6. The zero-order valence-corrected chi connectivity index (χ0v) is 17.9. The fourth-order valence-electron chi connectivity index (χ4n) is 2.51. The number of benzene rings is 2. The molecule has 9 heteroatoms. The number of hydrogen-bond acceptors (Lipinski definition) is 6. The quantitative estimate of drug-likeness (QED) is 0.378. The summed E-state index contributed by atoms with van der Waals surface area (Å²) in [6.45, 7) is 4.04. The molecule has 6 nitrogen and oxygen atoms in total. The Bertz CT molecular complexity index is 1050. The fraction of sp³-hybridized carbons (Fsp3) is 0.150. The molecule has 29 heavy (non-hydrogen) atoms. The van der Waals surface area contributed by atoms with Gasteiger partial charge in [0.15, 0.2) is 5.16 Å². The first-order chi connectivity index (χ1) is 14.0. The van der Waals surface area contributed by atoms with E-state index in [0.29, 0.717) is 33.2 Å². The third-order valence-corrected chi connectivity index (χ3v) is 5.35. The minimum Gasteiger partial charge on any atom is -0.497 e. The van der Waals surface area contributed by atoms with Crippen LogP contribution in [0.25, 0.3) is 0 Å². The average molecular weight is 449 g/mol. The number of thioether (sulfide) groups is 1. The molecule has 1 aromatic heterocycles. The number of halogens is 2. The number of nitrogens with one attached hydrogen (secondary N) is 1. The van der Waals surface area contributed by atoms with Gasteiger partial charge in [-0.3, -0.25) is 9.36 Å². The average Bonchev–Trinajstić information content (AvgIpc) is 2.70. The molecule has 0 amide bonds. The largest absolute Gasteiger partial charge is 0.497 e. The van der Waals surface area contributed by atoms with Crippen molar-refractivity contribution < 1.29 is 4.74 Å². The predicted molar refractivity (Wildman–Crippen MR) is 119 cm³/mol. The molecule has 0 aliphatic heterocycles. The number of hydrogen-bond donors (Lipinski definition) is 1. The van der Waals surface area contributed by atoms with Gasteiger partial charge < -0.3 is 10.1 Å². The molecule has 3 rings (SSSR count). The Balaban J connectivity index is 1.83. The SMILES string of the molecule is C=CCn1c(SCc2ccc(OC)cc2)nnc(Nc2cc(Cl)cc(Cl)c2)c1=O. The van der Waals surface area contributed by atoms with Gasteiger partial charge >= 0.3 is 0 Å². The van der Waals surface area contributed by atoms with Crippen LogP contribution in [0.1, 0.15) is 5.56 Å². The molecule has 0 bridgehead atoms. The van der Waals surface area contributed by atoms with Gasteiger partial charge in [0.1, 0.15) is 5.75 Å². The van der Waals surface area contributed by atoms with Gasteiger partial charge in [0.2, 0.25) is 5.82 Å². The van der Waals surface area contributed by atoms with Crippen LogP contribution in [0.4, 0.5) is 11.5 Å². The molecule has 0 radical (unpaired) electrons. The Labute approximate surface area is 182 Å². The highest BCUT2D eigenvalue weighted by Gasteiger charge is 2.13. The molecule has 0 atom stereocenters. The maximum Gasteiger partial charge on any atom is 0.297 e. The Morgan fingerprint density at radius 1 is 1.17 bits per heavy atom. The first-order valence-corrected chi connectivity index (χ1v) is 10.3. The van der Waals surface area contributed by atoms with Crippen LogP contribution in [0.2, 0.25) is 10.0 Å². The lowest BCUT2D eigenvalue weighted by molar-refractivity contribution is 0.414. The third kappa shape index (κ3) is 5.53. The Morgan fingerprint density at radius 2 is 1.86 bits per heavy atom. The van der Waals surface area contributed by atoms with E-state index >= 15 is 0 Å². The van der Waals surface area contributed by atoms with Crippen LogP contribution in [-0.2, 0) is 12.3 Å². The molecule has 0 unspecified atom stereocenters. The van der Waals surface area contributed by atoms with Crippen molar-refractivity contribution in [2.45, 2.75) is 17.5 Å². The van der Waals surface area contributed by atoms with E-state index in [2.05, 4.69) is 22.1 Å². The van der Waals surface area contributed by atoms with Gasteiger partial charge in [0.25, 0.3) is 5.56 Å². The summed E-state index contributed by atoms with van der Waals surface area (Å²) in [5.74, 6) is 1.50. The molecule has 0 fully saturated rings. The van der Waals surface area contributed by atoms with Crippen LogP contribution >= 0.6 is 35.0 Å². The predicted octanol–water partition coefficient (Wildman–Crippen LogP) is 5.18. The Morgan fingerprint density at radius 3 is 2.48 bits per heavy atom. The number of ether oxygens (including phenoxy) is 1. The van der Waals surface area contributed by atoms with E-state index in [4.69, 9.17) is 27.9 Å². The number of nitrogens with zero attached hydrogens (tertiary/aromatic N) is 3. The molecule has 1 heterocycles. The molecule has 0 aliphatic rings. The van der Waals surface area contributed by atoms with Crippen molar-refractivity contribution in [2.24, 2.45) is 0 Å². The van der Waals surface area contributed by atoms with E-state index in [1.54, 1.807) is 31.4 Å².